The number of piperazine rings is 1. The molecule has 146 valence electrons. The third-order valence-corrected chi connectivity index (χ3v) is 5.00. The Hall–Kier alpha value is -2.29. The molecule has 3 rings (SSSR count). The number of hydrogen-bond donors (Lipinski definition) is 3. The summed E-state index contributed by atoms with van der Waals surface area (Å²) in [5.41, 5.74) is 2.84. The fourth-order valence-corrected chi connectivity index (χ4v) is 3.53. The number of oxazole rings is 1. The van der Waals surface area contributed by atoms with E-state index >= 15 is 0 Å². The number of hydrogen-bond acceptors (Lipinski definition) is 6. The summed E-state index contributed by atoms with van der Waals surface area (Å²) in [6.45, 7) is 6.19. The minimum atomic E-state index is -0.874. The number of aliphatic hydroxyl groups is 1. The van der Waals surface area contributed by atoms with Crippen molar-refractivity contribution in [1.29, 1.82) is 0 Å². The molecule has 0 aliphatic carbocycles. The van der Waals surface area contributed by atoms with Crippen LogP contribution < -0.4 is 5.32 Å². The summed E-state index contributed by atoms with van der Waals surface area (Å²) in [6.07, 6.45) is 0.590. The fraction of sp³-hybridized carbons (Fsp3) is 0.444. The van der Waals surface area contributed by atoms with Crippen molar-refractivity contribution < 1.29 is 19.4 Å². The van der Waals surface area contributed by atoms with Crippen molar-refractivity contribution in [1.82, 2.24) is 14.8 Å². The lowest BCUT2D eigenvalue weighted by molar-refractivity contribution is 0.0710. The van der Waals surface area contributed by atoms with Gasteiger partial charge in [0.15, 0.2) is 5.76 Å². The van der Waals surface area contributed by atoms with Gasteiger partial charge in [-0.15, -0.1) is 0 Å². The predicted molar refractivity (Wildman–Crippen MR) is 101 cm³/mol. The van der Waals surface area contributed by atoms with Gasteiger partial charge in [-0.2, -0.15) is 0 Å². The molecule has 1 atom stereocenters. The smallest absolute Gasteiger partial charge is 0.407 e. The van der Waals surface area contributed by atoms with Gasteiger partial charge in [-0.3, -0.25) is 4.90 Å². The van der Waals surface area contributed by atoms with E-state index in [-0.39, 0.29) is 12.6 Å². The fourth-order valence-electron chi connectivity index (χ4n) is 3.28. The van der Waals surface area contributed by atoms with Crippen LogP contribution >= 0.6 is 11.6 Å². The molecular formula is C18H23ClN4O4. The molecule has 2 aromatic rings. The molecule has 1 aliphatic rings. The average molecular weight is 395 g/mol. The first-order chi connectivity index (χ1) is 12.9. The summed E-state index contributed by atoms with van der Waals surface area (Å²) >= 11 is 6.30. The SMILES string of the molecule is Cc1c(CN2CCN(C(=O)O)[C@@H](C)C2)cc(Cl)cc1Nc1ncc(CO)o1. The third-order valence-electron chi connectivity index (χ3n) is 4.78. The lowest BCUT2D eigenvalue weighted by Crippen LogP contribution is -2.53. The first-order valence-corrected chi connectivity index (χ1v) is 9.08. The Morgan fingerprint density at radius 3 is 2.85 bits per heavy atom. The number of halogens is 1. The van der Waals surface area contributed by atoms with Crippen molar-refractivity contribution >= 4 is 29.4 Å². The molecule has 0 unspecified atom stereocenters. The number of anilines is 2. The third kappa shape index (κ3) is 4.52. The van der Waals surface area contributed by atoms with Crippen LogP contribution in [-0.2, 0) is 13.2 Å². The Kier molecular flexibility index (Phi) is 5.88. The van der Waals surface area contributed by atoms with Gasteiger partial charge >= 0.3 is 6.09 Å². The molecule has 1 aromatic heterocycles. The number of carboxylic acid groups (broad SMARTS) is 1. The summed E-state index contributed by atoms with van der Waals surface area (Å²) < 4.78 is 5.38. The van der Waals surface area contributed by atoms with Crippen molar-refractivity contribution in [2.45, 2.75) is 33.0 Å². The van der Waals surface area contributed by atoms with Crippen molar-refractivity contribution in [3.63, 3.8) is 0 Å². The van der Waals surface area contributed by atoms with Crippen molar-refractivity contribution in [3.05, 3.63) is 40.2 Å². The number of amides is 1. The van der Waals surface area contributed by atoms with E-state index in [0.29, 0.717) is 43.0 Å². The Morgan fingerprint density at radius 2 is 2.22 bits per heavy atom. The summed E-state index contributed by atoms with van der Waals surface area (Å²) in [4.78, 5) is 19.0. The maximum atomic E-state index is 11.2. The highest BCUT2D eigenvalue weighted by Crippen LogP contribution is 2.29. The average Bonchev–Trinajstić information content (AvgIpc) is 3.06. The largest absolute Gasteiger partial charge is 0.465 e. The van der Waals surface area contributed by atoms with Gasteiger partial charge in [0.2, 0.25) is 0 Å². The second kappa shape index (κ2) is 8.16. The lowest BCUT2D eigenvalue weighted by atomic mass is 10.0. The molecule has 0 saturated carbocycles. The summed E-state index contributed by atoms with van der Waals surface area (Å²) in [6, 6.07) is 3.95. The summed E-state index contributed by atoms with van der Waals surface area (Å²) in [5.74, 6) is 0.377. The van der Waals surface area contributed by atoms with Crippen LogP contribution in [0.15, 0.2) is 22.7 Å². The zero-order chi connectivity index (χ0) is 19.6. The monoisotopic (exact) mass is 394 g/mol. The highest BCUT2D eigenvalue weighted by molar-refractivity contribution is 6.31. The first kappa shape index (κ1) is 19.5. The molecule has 1 fully saturated rings. The first-order valence-electron chi connectivity index (χ1n) is 8.71. The van der Waals surface area contributed by atoms with Crippen LogP contribution in [0.25, 0.3) is 0 Å². The van der Waals surface area contributed by atoms with E-state index in [4.69, 9.17) is 21.1 Å². The van der Waals surface area contributed by atoms with Crippen LogP contribution in [-0.4, -0.2) is 56.8 Å². The van der Waals surface area contributed by atoms with Gasteiger partial charge in [0.05, 0.1) is 6.20 Å². The van der Waals surface area contributed by atoms with E-state index in [9.17, 15) is 9.90 Å². The molecule has 1 aliphatic heterocycles. The minimum absolute atomic E-state index is 0.0578. The van der Waals surface area contributed by atoms with E-state index in [1.165, 1.54) is 11.1 Å². The van der Waals surface area contributed by atoms with Crippen molar-refractivity contribution in [2.24, 2.45) is 0 Å². The number of nitrogens with zero attached hydrogens (tertiary/aromatic N) is 3. The molecule has 27 heavy (non-hydrogen) atoms. The van der Waals surface area contributed by atoms with E-state index < -0.39 is 6.09 Å². The van der Waals surface area contributed by atoms with Crippen LogP contribution in [0.4, 0.5) is 16.5 Å². The quantitative estimate of drug-likeness (QED) is 0.716. The molecule has 2 heterocycles. The molecule has 9 heteroatoms. The Morgan fingerprint density at radius 1 is 1.44 bits per heavy atom. The number of carbonyl (C=O) groups is 1. The molecular weight excluding hydrogens is 372 g/mol. The van der Waals surface area contributed by atoms with E-state index in [1.54, 1.807) is 6.07 Å². The van der Waals surface area contributed by atoms with Gasteiger partial charge in [-0.1, -0.05) is 11.6 Å². The van der Waals surface area contributed by atoms with Gasteiger partial charge in [0.25, 0.3) is 6.01 Å². The number of rotatable bonds is 5. The second-order valence-corrected chi connectivity index (χ2v) is 7.15. The highest BCUT2D eigenvalue weighted by Gasteiger charge is 2.27. The van der Waals surface area contributed by atoms with Crippen LogP contribution in [0, 0.1) is 6.92 Å². The van der Waals surface area contributed by atoms with Crippen molar-refractivity contribution in [2.75, 3.05) is 25.0 Å². The van der Waals surface area contributed by atoms with Gasteiger partial charge in [-0.25, -0.2) is 9.78 Å². The van der Waals surface area contributed by atoms with Gasteiger partial charge in [0, 0.05) is 42.9 Å². The summed E-state index contributed by atoms with van der Waals surface area (Å²) in [7, 11) is 0. The van der Waals surface area contributed by atoms with Gasteiger partial charge < -0.3 is 24.8 Å². The molecule has 8 nitrogen and oxygen atoms in total. The number of benzene rings is 1. The molecule has 1 aromatic carbocycles. The van der Waals surface area contributed by atoms with Gasteiger partial charge in [-0.05, 0) is 37.1 Å². The number of aromatic nitrogens is 1. The maximum Gasteiger partial charge on any atom is 0.407 e. The Balaban J connectivity index is 1.74. The van der Waals surface area contributed by atoms with Crippen molar-refractivity contribution in [3.8, 4) is 0 Å². The van der Waals surface area contributed by atoms with Crippen LogP contribution in [0.5, 0.6) is 0 Å². The van der Waals surface area contributed by atoms with E-state index in [0.717, 1.165) is 16.8 Å². The lowest BCUT2D eigenvalue weighted by Gasteiger charge is -2.38. The van der Waals surface area contributed by atoms with E-state index in [2.05, 4.69) is 15.2 Å². The standard InChI is InChI=1S/C18H23ClN4O4/c1-11-8-22(3-4-23(11)18(25)26)9-13-5-14(19)6-16(12(13)2)21-17-20-7-15(10-24)27-17/h5-7,11,24H,3-4,8-10H2,1-2H3,(H,20,21)(H,25,26)/t11-/m0/s1. The molecule has 1 amide bonds. The number of nitrogens with one attached hydrogen (secondary N) is 1. The molecule has 3 N–H and O–H groups in total. The molecule has 0 spiro atoms. The zero-order valence-electron chi connectivity index (χ0n) is 15.3. The minimum Gasteiger partial charge on any atom is -0.465 e. The Labute approximate surface area is 162 Å². The van der Waals surface area contributed by atoms with E-state index in [1.807, 2.05) is 19.9 Å². The van der Waals surface area contributed by atoms with Crippen LogP contribution in [0.3, 0.4) is 0 Å². The Bertz CT molecular complexity index is 826. The topological polar surface area (TPSA) is 102 Å². The molecule has 1 saturated heterocycles. The van der Waals surface area contributed by atoms with Gasteiger partial charge in [0.1, 0.15) is 6.61 Å². The number of aliphatic hydroxyl groups excluding tert-OH is 1. The highest BCUT2D eigenvalue weighted by atomic mass is 35.5. The molecule has 0 bridgehead atoms. The zero-order valence-corrected chi connectivity index (χ0v) is 16.0. The predicted octanol–water partition coefficient (Wildman–Crippen LogP) is 3.06. The van der Waals surface area contributed by atoms with Crippen LogP contribution in [0.1, 0.15) is 23.8 Å². The van der Waals surface area contributed by atoms with Crippen LogP contribution in [0.2, 0.25) is 5.02 Å². The molecule has 0 radical (unpaired) electrons. The second-order valence-electron chi connectivity index (χ2n) is 6.71. The summed E-state index contributed by atoms with van der Waals surface area (Å²) in [5, 5.41) is 22.0. The normalized spacial score (nSPS) is 17.9. The maximum absolute atomic E-state index is 11.2.